The zero-order valence-corrected chi connectivity index (χ0v) is 11.6. The number of nitrogens with zero attached hydrogens (tertiary/aromatic N) is 2. The maximum absolute atomic E-state index is 10.6. The van der Waals surface area contributed by atoms with E-state index in [0.29, 0.717) is 12.1 Å². The Morgan fingerprint density at radius 2 is 2.00 bits per heavy atom. The van der Waals surface area contributed by atoms with E-state index in [2.05, 4.69) is 11.4 Å². The molecule has 0 fully saturated rings. The molecule has 21 heavy (non-hydrogen) atoms. The number of nitro benzene ring substituents is 1. The van der Waals surface area contributed by atoms with Crippen LogP contribution in [0.3, 0.4) is 0 Å². The van der Waals surface area contributed by atoms with E-state index in [1.807, 2.05) is 25.1 Å². The fourth-order valence-corrected chi connectivity index (χ4v) is 2.00. The lowest BCUT2D eigenvalue weighted by atomic mass is 10.1. The molecule has 5 nitrogen and oxygen atoms in total. The Morgan fingerprint density at radius 1 is 1.29 bits per heavy atom. The van der Waals surface area contributed by atoms with Gasteiger partial charge in [0.25, 0.3) is 5.69 Å². The predicted molar refractivity (Wildman–Crippen MR) is 79.5 cm³/mol. The average Bonchev–Trinajstić information content (AvgIpc) is 2.53. The van der Waals surface area contributed by atoms with Gasteiger partial charge in [-0.3, -0.25) is 10.1 Å². The van der Waals surface area contributed by atoms with Crippen LogP contribution in [0.25, 0.3) is 0 Å². The van der Waals surface area contributed by atoms with Crippen molar-refractivity contribution in [3.63, 3.8) is 0 Å². The summed E-state index contributed by atoms with van der Waals surface area (Å²) in [4.78, 5) is 10.2. The second-order valence-corrected chi connectivity index (χ2v) is 4.76. The van der Waals surface area contributed by atoms with Gasteiger partial charge in [-0.25, -0.2) is 0 Å². The summed E-state index contributed by atoms with van der Waals surface area (Å²) >= 11 is 0. The third kappa shape index (κ3) is 3.88. The Morgan fingerprint density at radius 3 is 2.62 bits per heavy atom. The first kappa shape index (κ1) is 14.7. The number of hydrogen-bond donors (Lipinski definition) is 1. The van der Waals surface area contributed by atoms with E-state index in [4.69, 9.17) is 5.26 Å². The van der Waals surface area contributed by atoms with Gasteiger partial charge in [0.05, 0.1) is 16.6 Å². The van der Waals surface area contributed by atoms with Crippen LogP contribution in [0.1, 0.15) is 29.7 Å². The van der Waals surface area contributed by atoms with Gasteiger partial charge in [0.15, 0.2) is 0 Å². The minimum Gasteiger partial charge on any atom is -0.306 e. The molecule has 0 aliphatic heterocycles. The molecular formula is C16H15N3O2. The van der Waals surface area contributed by atoms with Gasteiger partial charge in [0.2, 0.25) is 0 Å². The third-order valence-electron chi connectivity index (χ3n) is 3.28. The lowest BCUT2D eigenvalue weighted by Gasteiger charge is -2.14. The third-order valence-corrected chi connectivity index (χ3v) is 3.28. The molecule has 1 unspecified atom stereocenters. The Hall–Kier alpha value is -2.71. The second kappa shape index (κ2) is 6.64. The molecule has 106 valence electrons. The normalized spacial score (nSPS) is 11.6. The molecule has 0 saturated carbocycles. The molecule has 0 bridgehead atoms. The number of nitrogens with one attached hydrogen (secondary N) is 1. The average molecular weight is 281 g/mol. The standard InChI is InChI=1S/C16H15N3O2/c1-12(15-4-2-3-14(9-15)10-17)18-11-13-5-7-16(8-6-13)19(20)21/h2-9,12,18H,11H2,1H3. The van der Waals surface area contributed by atoms with Crippen LogP contribution in [0.2, 0.25) is 0 Å². The highest BCUT2D eigenvalue weighted by Gasteiger charge is 2.07. The zero-order chi connectivity index (χ0) is 15.2. The van der Waals surface area contributed by atoms with Gasteiger partial charge in [-0.1, -0.05) is 24.3 Å². The van der Waals surface area contributed by atoms with E-state index in [0.717, 1.165) is 11.1 Å². The molecule has 2 rings (SSSR count). The van der Waals surface area contributed by atoms with Crippen molar-refractivity contribution in [2.45, 2.75) is 19.5 Å². The molecule has 0 amide bonds. The summed E-state index contributed by atoms with van der Waals surface area (Å²) < 4.78 is 0. The Balaban J connectivity index is 1.98. The number of benzene rings is 2. The van der Waals surface area contributed by atoms with Crippen LogP contribution in [0.4, 0.5) is 5.69 Å². The van der Waals surface area contributed by atoms with E-state index in [-0.39, 0.29) is 11.7 Å². The minimum absolute atomic E-state index is 0.0912. The first-order valence-corrected chi connectivity index (χ1v) is 6.57. The van der Waals surface area contributed by atoms with E-state index in [9.17, 15) is 10.1 Å². The number of rotatable bonds is 5. The molecule has 2 aromatic rings. The van der Waals surface area contributed by atoms with Gasteiger partial charge in [-0.15, -0.1) is 0 Å². The van der Waals surface area contributed by atoms with Gasteiger partial charge < -0.3 is 5.32 Å². The fourth-order valence-electron chi connectivity index (χ4n) is 2.00. The van der Waals surface area contributed by atoms with E-state index >= 15 is 0 Å². The first-order chi connectivity index (χ1) is 10.1. The van der Waals surface area contributed by atoms with Crippen LogP contribution in [0, 0.1) is 21.4 Å². The van der Waals surface area contributed by atoms with Crippen LogP contribution in [0.15, 0.2) is 48.5 Å². The number of non-ortho nitro benzene ring substituents is 1. The quantitative estimate of drug-likeness (QED) is 0.673. The molecule has 1 atom stereocenters. The molecule has 1 N–H and O–H groups in total. The highest BCUT2D eigenvalue weighted by atomic mass is 16.6. The minimum atomic E-state index is -0.410. The van der Waals surface area contributed by atoms with Crippen molar-refractivity contribution in [2.24, 2.45) is 0 Å². The number of nitro groups is 1. The first-order valence-electron chi connectivity index (χ1n) is 6.57. The second-order valence-electron chi connectivity index (χ2n) is 4.76. The van der Waals surface area contributed by atoms with E-state index < -0.39 is 4.92 Å². The van der Waals surface area contributed by atoms with Gasteiger partial charge in [-0.2, -0.15) is 5.26 Å². The zero-order valence-electron chi connectivity index (χ0n) is 11.6. The molecule has 0 radical (unpaired) electrons. The van der Waals surface area contributed by atoms with E-state index in [1.165, 1.54) is 12.1 Å². The molecule has 0 saturated heterocycles. The summed E-state index contributed by atoms with van der Waals surface area (Å²) in [6, 6.07) is 16.1. The summed E-state index contributed by atoms with van der Waals surface area (Å²) in [5.74, 6) is 0. The SMILES string of the molecule is CC(NCc1ccc([N+](=O)[O-])cc1)c1cccc(C#N)c1. The van der Waals surface area contributed by atoms with Crippen molar-refractivity contribution in [3.8, 4) is 6.07 Å². The molecule has 0 spiro atoms. The van der Waals surface area contributed by atoms with Crippen LogP contribution < -0.4 is 5.32 Å². The van der Waals surface area contributed by atoms with Crippen molar-refractivity contribution in [1.82, 2.24) is 5.32 Å². The highest BCUT2D eigenvalue weighted by molar-refractivity contribution is 5.35. The van der Waals surface area contributed by atoms with E-state index in [1.54, 1.807) is 18.2 Å². The predicted octanol–water partition coefficient (Wildman–Crippen LogP) is 3.32. The lowest BCUT2D eigenvalue weighted by molar-refractivity contribution is -0.384. The lowest BCUT2D eigenvalue weighted by Crippen LogP contribution is -2.18. The Bertz CT molecular complexity index is 675. The van der Waals surface area contributed by atoms with Crippen LogP contribution >= 0.6 is 0 Å². The Labute approximate surface area is 123 Å². The van der Waals surface area contributed by atoms with Crippen LogP contribution in [-0.2, 0) is 6.54 Å². The molecule has 0 aliphatic carbocycles. The summed E-state index contributed by atoms with van der Waals surface area (Å²) in [5, 5.41) is 22.8. The number of nitriles is 1. The van der Waals surface area contributed by atoms with Crippen molar-refractivity contribution in [3.05, 3.63) is 75.3 Å². The fraction of sp³-hybridized carbons (Fsp3) is 0.188. The monoisotopic (exact) mass is 281 g/mol. The molecule has 5 heteroatoms. The maximum atomic E-state index is 10.6. The molecule has 0 heterocycles. The molecule has 0 aliphatic rings. The largest absolute Gasteiger partial charge is 0.306 e. The van der Waals surface area contributed by atoms with Gasteiger partial charge in [-0.05, 0) is 30.2 Å². The van der Waals surface area contributed by atoms with Crippen molar-refractivity contribution in [2.75, 3.05) is 0 Å². The summed E-state index contributed by atoms with van der Waals surface area (Å²) in [6.45, 7) is 2.62. The molecule has 2 aromatic carbocycles. The summed E-state index contributed by atoms with van der Waals surface area (Å²) in [5.41, 5.74) is 2.74. The number of hydrogen-bond acceptors (Lipinski definition) is 4. The molecule has 0 aromatic heterocycles. The molecular weight excluding hydrogens is 266 g/mol. The van der Waals surface area contributed by atoms with Crippen LogP contribution in [-0.4, -0.2) is 4.92 Å². The van der Waals surface area contributed by atoms with Crippen molar-refractivity contribution < 1.29 is 4.92 Å². The topological polar surface area (TPSA) is 79.0 Å². The maximum Gasteiger partial charge on any atom is 0.269 e. The Kier molecular flexibility index (Phi) is 4.64. The van der Waals surface area contributed by atoms with Crippen molar-refractivity contribution >= 4 is 5.69 Å². The smallest absolute Gasteiger partial charge is 0.269 e. The summed E-state index contributed by atoms with van der Waals surface area (Å²) in [7, 11) is 0. The van der Waals surface area contributed by atoms with Gasteiger partial charge in [0.1, 0.15) is 0 Å². The van der Waals surface area contributed by atoms with Crippen molar-refractivity contribution in [1.29, 1.82) is 5.26 Å². The van der Waals surface area contributed by atoms with Crippen LogP contribution in [0.5, 0.6) is 0 Å². The van der Waals surface area contributed by atoms with Gasteiger partial charge in [0, 0.05) is 24.7 Å². The summed E-state index contributed by atoms with van der Waals surface area (Å²) in [6.07, 6.45) is 0. The van der Waals surface area contributed by atoms with Gasteiger partial charge >= 0.3 is 0 Å². The highest BCUT2D eigenvalue weighted by Crippen LogP contribution is 2.16.